The second kappa shape index (κ2) is 5.43. The predicted octanol–water partition coefficient (Wildman–Crippen LogP) is 2.61. The number of benzene rings is 1. The standard InChI is InChI=1S/C13H14N4O2/c1-9-6-13(17(18)19)10(2)5-12(9)15-7-11-3-4-14-8-16-11/h3-6,8,15H,7H2,1-2H3. The summed E-state index contributed by atoms with van der Waals surface area (Å²) >= 11 is 0. The Labute approximate surface area is 110 Å². The second-order valence-corrected chi connectivity index (χ2v) is 4.26. The zero-order valence-corrected chi connectivity index (χ0v) is 10.8. The van der Waals surface area contributed by atoms with Crippen molar-refractivity contribution in [1.82, 2.24) is 9.97 Å². The molecule has 6 heteroatoms. The fourth-order valence-electron chi connectivity index (χ4n) is 1.80. The zero-order chi connectivity index (χ0) is 13.8. The molecule has 1 heterocycles. The first-order valence-electron chi connectivity index (χ1n) is 5.82. The molecule has 0 radical (unpaired) electrons. The highest BCUT2D eigenvalue weighted by Gasteiger charge is 2.13. The van der Waals surface area contributed by atoms with Gasteiger partial charge in [0.2, 0.25) is 0 Å². The number of nitro benzene ring substituents is 1. The van der Waals surface area contributed by atoms with E-state index in [2.05, 4.69) is 15.3 Å². The van der Waals surface area contributed by atoms with Gasteiger partial charge in [-0.3, -0.25) is 10.1 Å². The van der Waals surface area contributed by atoms with Crippen LogP contribution < -0.4 is 5.32 Å². The van der Waals surface area contributed by atoms with Gasteiger partial charge >= 0.3 is 0 Å². The first kappa shape index (κ1) is 12.9. The smallest absolute Gasteiger partial charge is 0.272 e. The van der Waals surface area contributed by atoms with E-state index < -0.39 is 0 Å². The largest absolute Gasteiger partial charge is 0.379 e. The predicted molar refractivity (Wildman–Crippen MR) is 71.9 cm³/mol. The van der Waals surface area contributed by atoms with Gasteiger partial charge in [0.25, 0.3) is 5.69 Å². The maximum absolute atomic E-state index is 10.8. The molecule has 0 amide bonds. The molecule has 0 atom stereocenters. The van der Waals surface area contributed by atoms with Crippen molar-refractivity contribution >= 4 is 11.4 Å². The number of hydrogen-bond donors (Lipinski definition) is 1. The average Bonchev–Trinajstić information content (AvgIpc) is 2.40. The van der Waals surface area contributed by atoms with E-state index in [0.717, 1.165) is 16.9 Å². The first-order chi connectivity index (χ1) is 9.08. The summed E-state index contributed by atoms with van der Waals surface area (Å²) in [4.78, 5) is 18.4. The molecule has 0 fully saturated rings. The van der Waals surface area contributed by atoms with Crippen LogP contribution in [0.2, 0.25) is 0 Å². The maximum Gasteiger partial charge on any atom is 0.272 e. The van der Waals surface area contributed by atoms with Crippen molar-refractivity contribution in [1.29, 1.82) is 0 Å². The summed E-state index contributed by atoms with van der Waals surface area (Å²) in [5, 5.41) is 14.1. The van der Waals surface area contributed by atoms with Gasteiger partial charge in [-0.15, -0.1) is 0 Å². The molecule has 0 aliphatic rings. The van der Waals surface area contributed by atoms with Crippen LogP contribution in [0, 0.1) is 24.0 Å². The quantitative estimate of drug-likeness (QED) is 0.673. The van der Waals surface area contributed by atoms with Crippen LogP contribution in [-0.4, -0.2) is 14.9 Å². The molecule has 0 bridgehead atoms. The molecule has 0 unspecified atom stereocenters. The van der Waals surface area contributed by atoms with Crippen LogP contribution in [0.4, 0.5) is 11.4 Å². The lowest BCUT2D eigenvalue weighted by atomic mass is 10.1. The van der Waals surface area contributed by atoms with Crippen molar-refractivity contribution in [2.24, 2.45) is 0 Å². The van der Waals surface area contributed by atoms with Gasteiger partial charge in [0.1, 0.15) is 6.33 Å². The number of hydrogen-bond acceptors (Lipinski definition) is 5. The number of nitro groups is 1. The van der Waals surface area contributed by atoms with E-state index in [1.807, 2.05) is 13.0 Å². The topological polar surface area (TPSA) is 81.0 Å². The lowest BCUT2D eigenvalue weighted by Gasteiger charge is -2.10. The van der Waals surface area contributed by atoms with Crippen LogP contribution in [0.25, 0.3) is 0 Å². The van der Waals surface area contributed by atoms with E-state index in [1.54, 1.807) is 25.3 Å². The Hall–Kier alpha value is -2.50. The molecule has 1 aromatic carbocycles. The summed E-state index contributed by atoms with van der Waals surface area (Å²) in [6, 6.07) is 5.19. The molecule has 0 saturated carbocycles. The van der Waals surface area contributed by atoms with Crippen molar-refractivity contribution in [2.45, 2.75) is 20.4 Å². The van der Waals surface area contributed by atoms with E-state index in [-0.39, 0.29) is 10.6 Å². The highest BCUT2D eigenvalue weighted by atomic mass is 16.6. The molecule has 1 aromatic heterocycles. The highest BCUT2D eigenvalue weighted by Crippen LogP contribution is 2.26. The Morgan fingerprint density at radius 3 is 2.74 bits per heavy atom. The second-order valence-electron chi connectivity index (χ2n) is 4.26. The molecule has 0 aliphatic heterocycles. The molecule has 0 aliphatic carbocycles. The van der Waals surface area contributed by atoms with Crippen LogP contribution >= 0.6 is 0 Å². The molecule has 2 rings (SSSR count). The SMILES string of the molecule is Cc1cc([N+](=O)[O-])c(C)cc1NCc1ccncn1. The van der Waals surface area contributed by atoms with Crippen molar-refractivity contribution < 1.29 is 4.92 Å². The van der Waals surface area contributed by atoms with E-state index >= 15 is 0 Å². The van der Waals surface area contributed by atoms with Gasteiger partial charge in [-0.2, -0.15) is 0 Å². The summed E-state index contributed by atoms with van der Waals surface area (Å²) in [5.74, 6) is 0. The van der Waals surface area contributed by atoms with Crippen molar-refractivity contribution in [3.63, 3.8) is 0 Å². The molecular weight excluding hydrogens is 244 g/mol. The van der Waals surface area contributed by atoms with Gasteiger partial charge in [0, 0.05) is 23.5 Å². The monoisotopic (exact) mass is 258 g/mol. The summed E-state index contributed by atoms with van der Waals surface area (Å²) < 4.78 is 0. The van der Waals surface area contributed by atoms with Gasteiger partial charge in [-0.25, -0.2) is 9.97 Å². The van der Waals surface area contributed by atoms with E-state index in [4.69, 9.17) is 0 Å². The molecule has 2 aromatic rings. The third kappa shape index (κ3) is 3.04. The van der Waals surface area contributed by atoms with E-state index in [1.165, 1.54) is 6.33 Å². The Kier molecular flexibility index (Phi) is 3.70. The Morgan fingerprint density at radius 1 is 1.32 bits per heavy atom. The molecule has 98 valence electrons. The number of nitrogens with one attached hydrogen (secondary N) is 1. The Morgan fingerprint density at radius 2 is 2.11 bits per heavy atom. The van der Waals surface area contributed by atoms with Gasteiger partial charge in [-0.05, 0) is 31.5 Å². The first-order valence-corrected chi connectivity index (χ1v) is 5.82. The minimum absolute atomic E-state index is 0.144. The molecule has 1 N–H and O–H groups in total. The van der Waals surface area contributed by atoms with Gasteiger partial charge in [0.05, 0.1) is 17.2 Å². The van der Waals surface area contributed by atoms with Crippen molar-refractivity contribution in [2.75, 3.05) is 5.32 Å². The number of nitrogens with zero attached hydrogens (tertiary/aromatic N) is 3. The fourth-order valence-corrected chi connectivity index (χ4v) is 1.80. The maximum atomic E-state index is 10.8. The molecule has 0 saturated heterocycles. The van der Waals surface area contributed by atoms with Crippen molar-refractivity contribution in [3.8, 4) is 0 Å². The molecule has 19 heavy (non-hydrogen) atoms. The average molecular weight is 258 g/mol. The van der Waals surface area contributed by atoms with Crippen LogP contribution in [0.3, 0.4) is 0 Å². The summed E-state index contributed by atoms with van der Waals surface area (Å²) in [5.41, 5.74) is 3.37. The minimum atomic E-state index is -0.365. The van der Waals surface area contributed by atoms with Gasteiger partial charge < -0.3 is 5.32 Å². The normalized spacial score (nSPS) is 10.2. The highest BCUT2D eigenvalue weighted by molar-refractivity contribution is 5.59. The van der Waals surface area contributed by atoms with Crippen molar-refractivity contribution in [3.05, 3.63) is 57.7 Å². The fraction of sp³-hybridized carbons (Fsp3) is 0.231. The number of aromatic nitrogens is 2. The minimum Gasteiger partial charge on any atom is -0.379 e. The zero-order valence-electron chi connectivity index (χ0n) is 10.8. The number of anilines is 1. The molecule has 6 nitrogen and oxygen atoms in total. The lowest BCUT2D eigenvalue weighted by Crippen LogP contribution is -2.04. The third-order valence-corrected chi connectivity index (χ3v) is 2.84. The molecular formula is C13H14N4O2. The third-order valence-electron chi connectivity index (χ3n) is 2.84. The number of aryl methyl sites for hydroxylation is 2. The van der Waals surface area contributed by atoms with Crippen LogP contribution in [0.1, 0.15) is 16.8 Å². The molecule has 0 spiro atoms. The lowest BCUT2D eigenvalue weighted by molar-refractivity contribution is -0.385. The Balaban J connectivity index is 2.17. The van der Waals surface area contributed by atoms with Crippen LogP contribution in [0.15, 0.2) is 30.7 Å². The number of rotatable bonds is 4. The summed E-state index contributed by atoms with van der Waals surface area (Å²) in [7, 11) is 0. The Bertz CT molecular complexity index is 599. The van der Waals surface area contributed by atoms with Crippen LogP contribution in [-0.2, 0) is 6.54 Å². The summed E-state index contributed by atoms with van der Waals surface area (Å²) in [6.45, 7) is 4.13. The van der Waals surface area contributed by atoms with Crippen LogP contribution in [0.5, 0.6) is 0 Å². The van der Waals surface area contributed by atoms with Gasteiger partial charge in [-0.1, -0.05) is 0 Å². The van der Waals surface area contributed by atoms with E-state index in [0.29, 0.717) is 12.1 Å². The van der Waals surface area contributed by atoms with E-state index in [9.17, 15) is 10.1 Å². The summed E-state index contributed by atoms with van der Waals surface area (Å²) in [6.07, 6.45) is 3.17. The van der Waals surface area contributed by atoms with Gasteiger partial charge in [0.15, 0.2) is 0 Å².